The topological polar surface area (TPSA) is 57.6 Å². The fourth-order valence-electron chi connectivity index (χ4n) is 2.76. The second-order valence-corrected chi connectivity index (χ2v) is 6.04. The van der Waals surface area contributed by atoms with Gasteiger partial charge >= 0.3 is 5.97 Å². The zero-order chi connectivity index (χ0) is 12.9. The Kier molecular flexibility index (Phi) is 2.66. The van der Waals surface area contributed by atoms with Crippen molar-refractivity contribution in [3.8, 4) is 0 Å². The zero-order valence-electron chi connectivity index (χ0n) is 10.1. The van der Waals surface area contributed by atoms with E-state index in [1.807, 2.05) is 23.3 Å². The van der Waals surface area contributed by atoms with Gasteiger partial charge in [-0.25, -0.2) is 0 Å². The van der Waals surface area contributed by atoms with Crippen molar-refractivity contribution < 1.29 is 14.7 Å². The third-order valence-electron chi connectivity index (χ3n) is 3.79. The van der Waals surface area contributed by atoms with E-state index in [1.54, 1.807) is 11.3 Å². The maximum absolute atomic E-state index is 12.1. The standard InChI is InChI=1S/C13H15NO3S/c1-7-4-5-18-12(7)11-9(13(16)17)6-10(15)14(11)8-2-3-8/h4-5,8-9,11H,2-3,6H2,1H3,(H,16,17). The minimum atomic E-state index is -0.857. The summed E-state index contributed by atoms with van der Waals surface area (Å²) in [6.07, 6.45) is 2.17. The molecule has 2 atom stereocenters. The van der Waals surface area contributed by atoms with E-state index in [4.69, 9.17) is 0 Å². The zero-order valence-corrected chi connectivity index (χ0v) is 10.9. The second kappa shape index (κ2) is 4.09. The Labute approximate surface area is 109 Å². The highest BCUT2D eigenvalue weighted by molar-refractivity contribution is 7.10. The van der Waals surface area contributed by atoms with Gasteiger partial charge in [0.05, 0.1) is 12.0 Å². The van der Waals surface area contributed by atoms with Crippen LogP contribution in [0.2, 0.25) is 0 Å². The van der Waals surface area contributed by atoms with Crippen molar-refractivity contribution in [2.75, 3.05) is 0 Å². The monoisotopic (exact) mass is 265 g/mol. The predicted octanol–water partition coefficient (Wildman–Crippen LogP) is 2.19. The molecule has 0 aromatic carbocycles. The van der Waals surface area contributed by atoms with Crippen molar-refractivity contribution in [1.29, 1.82) is 0 Å². The van der Waals surface area contributed by atoms with Gasteiger partial charge < -0.3 is 10.0 Å². The maximum Gasteiger partial charge on any atom is 0.309 e. The third-order valence-corrected chi connectivity index (χ3v) is 4.88. The molecule has 2 fully saturated rings. The Morgan fingerprint density at radius 3 is 2.72 bits per heavy atom. The number of carboxylic acids is 1. The van der Waals surface area contributed by atoms with Crippen molar-refractivity contribution in [3.63, 3.8) is 0 Å². The Morgan fingerprint density at radius 2 is 2.22 bits per heavy atom. The smallest absolute Gasteiger partial charge is 0.309 e. The molecule has 2 unspecified atom stereocenters. The van der Waals surface area contributed by atoms with Crippen LogP contribution in [-0.2, 0) is 9.59 Å². The Balaban J connectivity index is 2.01. The lowest BCUT2D eigenvalue weighted by atomic mass is 9.97. The number of hydrogen-bond acceptors (Lipinski definition) is 3. The predicted molar refractivity (Wildman–Crippen MR) is 67.4 cm³/mol. The van der Waals surface area contributed by atoms with Crippen molar-refractivity contribution in [3.05, 3.63) is 21.9 Å². The van der Waals surface area contributed by atoms with Crippen LogP contribution in [0.1, 0.15) is 35.7 Å². The van der Waals surface area contributed by atoms with Gasteiger partial charge in [-0.3, -0.25) is 9.59 Å². The number of rotatable bonds is 3. The molecule has 1 saturated heterocycles. The van der Waals surface area contributed by atoms with Gasteiger partial charge in [0.1, 0.15) is 0 Å². The molecule has 1 aliphatic carbocycles. The molecule has 1 aliphatic heterocycles. The van der Waals surface area contributed by atoms with Crippen LogP contribution in [0.4, 0.5) is 0 Å². The number of thiophene rings is 1. The molecule has 0 spiro atoms. The molecule has 1 aromatic rings. The number of carbonyl (C=O) groups excluding carboxylic acids is 1. The van der Waals surface area contributed by atoms with E-state index in [0.717, 1.165) is 23.3 Å². The van der Waals surface area contributed by atoms with Gasteiger partial charge in [0.2, 0.25) is 5.91 Å². The molecule has 2 aliphatic rings. The van der Waals surface area contributed by atoms with Crippen LogP contribution in [0.5, 0.6) is 0 Å². The van der Waals surface area contributed by atoms with Crippen molar-refractivity contribution in [2.24, 2.45) is 5.92 Å². The Bertz CT molecular complexity index is 506. The van der Waals surface area contributed by atoms with Crippen LogP contribution < -0.4 is 0 Å². The summed E-state index contributed by atoms with van der Waals surface area (Å²) in [4.78, 5) is 26.3. The second-order valence-electron chi connectivity index (χ2n) is 5.09. The fourth-order valence-corrected chi connectivity index (χ4v) is 3.85. The molecule has 3 rings (SSSR count). The maximum atomic E-state index is 12.1. The van der Waals surface area contributed by atoms with Crippen molar-refractivity contribution in [2.45, 2.75) is 38.3 Å². The summed E-state index contributed by atoms with van der Waals surface area (Å²) in [5.41, 5.74) is 1.09. The summed E-state index contributed by atoms with van der Waals surface area (Å²) in [6, 6.07) is 2.02. The highest BCUT2D eigenvalue weighted by Crippen LogP contribution is 2.47. The number of aliphatic carboxylic acids is 1. The minimum Gasteiger partial charge on any atom is -0.481 e. The van der Waals surface area contributed by atoms with E-state index < -0.39 is 11.9 Å². The van der Waals surface area contributed by atoms with Crippen LogP contribution in [0, 0.1) is 12.8 Å². The van der Waals surface area contributed by atoms with E-state index in [-0.39, 0.29) is 24.4 Å². The Hall–Kier alpha value is -1.36. The number of nitrogens with zero attached hydrogens (tertiary/aromatic N) is 1. The van der Waals surface area contributed by atoms with Crippen LogP contribution >= 0.6 is 11.3 Å². The first-order chi connectivity index (χ1) is 8.59. The van der Waals surface area contributed by atoms with Gasteiger partial charge in [0.25, 0.3) is 0 Å². The molecule has 1 aromatic heterocycles. The molecule has 1 saturated carbocycles. The van der Waals surface area contributed by atoms with E-state index in [0.29, 0.717) is 0 Å². The number of likely N-dealkylation sites (tertiary alicyclic amines) is 1. The quantitative estimate of drug-likeness (QED) is 0.911. The minimum absolute atomic E-state index is 0.00250. The van der Waals surface area contributed by atoms with E-state index in [1.165, 1.54) is 0 Å². The Morgan fingerprint density at radius 1 is 1.50 bits per heavy atom. The SMILES string of the molecule is Cc1ccsc1C1C(C(=O)O)CC(=O)N1C1CC1. The number of aryl methyl sites for hydroxylation is 1. The van der Waals surface area contributed by atoms with Gasteiger partial charge in [-0.2, -0.15) is 0 Å². The molecule has 1 N–H and O–H groups in total. The van der Waals surface area contributed by atoms with Gasteiger partial charge in [-0.1, -0.05) is 0 Å². The molecule has 0 bridgehead atoms. The summed E-state index contributed by atoms with van der Waals surface area (Å²) in [5.74, 6) is -1.44. The summed E-state index contributed by atoms with van der Waals surface area (Å²) >= 11 is 1.56. The fraction of sp³-hybridized carbons (Fsp3) is 0.538. The van der Waals surface area contributed by atoms with Crippen LogP contribution in [0.3, 0.4) is 0 Å². The normalized spacial score (nSPS) is 27.8. The van der Waals surface area contributed by atoms with Gasteiger partial charge in [0, 0.05) is 17.3 Å². The molecule has 96 valence electrons. The number of hydrogen-bond donors (Lipinski definition) is 1. The average molecular weight is 265 g/mol. The molecule has 4 nitrogen and oxygen atoms in total. The highest BCUT2D eigenvalue weighted by atomic mass is 32.1. The molecule has 2 heterocycles. The van der Waals surface area contributed by atoms with Crippen LogP contribution in [0.25, 0.3) is 0 Å². The summed E-state index contributed by atoms with van der Waals surface area (Å²) < 4.78 is 0. The molecular weight excluding hydrogens is 250 g/mol. The number of carboxylic acid groups (broad SMARTS) is 1. The average Bonchev–Trinajstić information content (AvgIpc) is 2.96. The third kappa shape index (κ3) is 1.73. The summed E-state index contributed by atoms with van der Waals surface area (Å²) in [5, 5.41) is 11.3. The van der Waals surface area contributed by atoms with Crippen LogP contribution in [0.15, 0.2) is 11.4 Å². The lowest BCUT2D eigenvalue weighted by Crippen LogP contribution is -2.32. The van der Waals surface area contributed by atoms with Crippen molar-refractivity contribution in [1.82, 2.24) is 4.90 Å². The molecule has 18 heavy (non-hydrogen) atoms. The number of carbonyl (C=O) groups is 2. The lowest BCUT2D eigenvalue weighted by molar-refractivity contribution is -0.142. The van der Waals surface area contributed by atoms with Crippen LogP contribution in [-0.4, -0.2) is 27.9 Å². The first-order valence-electron chi connectivity index (χ1n) is 6.17. The molecule has 0 radical (unpaired) electrons. The first-order valence-corrected chi connectivity index (χ1v) is 7.05. The van der Waals surface area contributed by atoms with E-state index in [9.17, 15) is 14.7 Å². The largest absolute Gasteiger partial charge is 0.481 e. The summed E-state index contributed by atoms with van der Waals surface area (Å²) in [6.45, 7) is 1.98. The molecule has 1 amide bonds. The van der Waals surface area contributed by atoms with Crippen molar-refractivity contribution >= 4 is 23.2 Å². The first kappa shape index (κ1) is 11.7. The van der Waals surface area contributed by atoms with Gasteiger partial charge in [-0.05, 0) is 36.8 Å². The van der Waals surface area contributed by atoms with E-state index in [2.05, 4.69) is 0 Å². The van der Waals surface area contributed by atoms with Gasteiger partial charge in [-0.15, -0.1) is 11.3 Å². The van der Waals surface area contributed by atoms with E-state index >= 15 is 0 Å². The highest BCUT2D eigenvalue weighted by Gasteiger charge is 2.50. The molecular formula is C13H15NO3S. The summed E-state index contributed by atoms with van der Waals surface area (Å²) in [7, 11) is 0. The van der Waals surface area contributed by atoms with Gasteiger partial charge in [0.15, 0.2) is 0 Å². The number of amides is 1. The molecule has 5 heteroatoms. The lowest BCUT2D eigenvalue weighted by Gasteiger charge is -2.26.